The quantitative estimate of drug-likeness (QED) is 0.377. The summed E-state index contributed by atoms with van der Waals surface area (Å²) in [5, 5.41) is 53.5. The van der Waals surface area contributed by atoms with E-state index in [0.29, 0.717) is 25.2 Å². The Hall–Kier alpha value is -0.530. The number of hydrogen-bond acceptors (Lipinski definition) is 6. The molecule has 12 atom stereocenters. The minimum atomic E-state index is -1.35. The highest BCUT2D eigenvalue weighted by atomic mass is 16.4. The van der Waals surface area contributed by atoms with E-state index in [-0.39, 0.29) is 51.8 Å². The maximum absolute atomic E-state index is 12.9. The van der Waals surface area contributed by atoms with Gasteiger partial charge in [0.15, 0.2) is 0 Å². The van der Waals surface area contributed by atoms with Gasteiger partial charge < -0.3 is 25.5 Å². The summed E-state index contributed by atoms with van der Waals surface area (Å²) in [6.07, 6.45) is 5.18. The van der Waals surface area contributed by atoms with Gasteiger partial charge in [-0.2, -0.15) is 0 Å². The van der Waals surface area contributed by atoms with Crippen LogP contribution in [-0.2, 0) is 4.79 Å². The molecule has 0 aromatic heterocycles. The van der Waals surface area contributed by atoms with Gasteiger partial charge in [0.05, 0.1) is 29.8 Å². The van der Waals surface area contributed by atoms with Crippen LogP contribution in [0.1, 0.15) is 99.3 Å². The van der Waals surface area contributed by atoms with E-state index < -0.39 is 29.3 Å². The molecule has 206 valence electrons. The lowest BCUT2D eigenvalue weighted by Gasteiger charge is -2.64. The Morgan fingerprint density at radius 3 is 2.31 bits per heavy atom. The topological polar surface area (TPSA) is 118 Å². The Labute approximate surface area is 216 Å². The van der Waals surface area contributed by atoms with Gasteiger partial charge in [-0.3, -0.25) is 4.79 Å². The third-order valence-corrected chi connectivity index (χ3v) is 13.4. The number of rotatable bonds is 6. The molecule has 0 aromatic rings. The predicted molar refractivity (Wildman–Crippen MR) is 137 cm³/mol. The number of fused-ring (bicyclic) bond motifs is 2. The summed E-state index contributed by atoms with van der Waals surface area (Å²) in [5.74, 6) is 0.982. The normalized spacial score (nSPS) is 52.5. The summed E-state index contributed by atoms with van der Waals surface area (Å²) in [6.45, 7) is 11.9. The molecular weight excluding hydrogens is 456 g/mol. The fraction of sp³-hybridized carbons (Fsp3) is 0.967. The largest absolute Gasteiger partial charge is 0.395 e. The van der Waals surface area contributed by atoms with Crippen molar-refractivity contribution in [2.75, 3.05) is 6.61 Å². The smallest absolute Gasteiger partial charge is 0.141 e. The van der Waals surface area contributed by atoms with E-state index in [2.05, 4.69) is 20.8 Å². The van der Waals surface area contributed by atoms with E-state index in [4.69, 9.17) is 0 Å². The SMILES string of the molecule is CC(CC(O)C(O)C(C)(C)O)C1CCC2(C)C3C(O)CC4C(C)(CO)C(=O)CCC45CC35CCC12C. The molecule has 5 N–H and O–H groups in total. The van der Waals surface area contributed by atoms with Crippen LogP contribution in [0.2, 0.25) is 0 Å². The van der Waals surface area contributed by atoms with Crippen molar-refractivity contribution in [2.45, 2.75) is 123 Å². The Morgan fingerprint density at radius 2 is 1.69 bits per heavy atom. The monoisotopic (exact) mass is 506 g/mol. The van der Waals surface area contributed by atoms with Crippen LogP contribution in [0.3, 0.4) is 0 Å². The number of aliphatic hydroxyl groups is 5. The zero-order valence-electron chi connectivity index (χ0n) is 23.3. The fourth-order valence-electron chi connectivity index (χ4n) is 11.3. The molecule has 0 saturated heterocycles. The minimum Gasteiger partial charge on any atom is -0.395 e. The average molecular weight is 507 g/mol. The standard InChI is InChI=1S/C30H50O6/c1-17(13-20(33)24(35)25(2,3)36)18-7-9-28(6)23-19(32)14-21-26(4,16-31)22(34)8-10-29(21)15-30(23,29)12-11-27(18,28)5/h17-21,23-24,31-33,35-36H,7-16H2,1-6H3. The molecule has 0 bridgehead atoms. The van der Waals surface area contributed by atoms with Crippen molar-refractivity contribution >= 4 is 5.78 Å². The molecule has 2 spiro atoms. The second-order valence-corrected chi connectivity index (χ2v) is 15.2. The third kappa shape index (κ3) is 3.17. The molecule has 6 nitrogen and oxygen atoms in total. The summed E-state index contributed by atoms with van der Waals surface area (Å²) < 4.78 is 0. The maximum Gasteiger partial charge on any atom is 0.141 e. The van der Waals surface area contributed by atoms with Gasteiger partial charge in [-0.25, -0.2) is 0 Å². The van der Waals surface area contributed by atoms with Crippen molar-refractivity contribution in [2.24, 2.45) is 50.7 Å². The number of ketones is 1. The van der Waals surface area contributed by atoms with E-state index in [1.807, 2.05) is 6.92 Å². The van der Waals surface area contributed by atoms with Crippen molar-refractivity contribution in [3.05, 3.63) is 0 Å². The van der Waals surface area contributed by atoms with E-state index in [1.54, 1.807) is 0 Å². The summed E-state index contributed by atoms with van der Waals surface area (Å²) in [6, 6.07) is 0. The van der Waals surface area contributed by atoms with Gasteiger partial charge in [-0.05, 0) is 111 Å². The summed E-state index contributed by atoms with van der Waals surface area (Å²) in [5.41, 5.74) is -1.96. The molecule has 5 rings (SSSR count). The molecule has 0 amide bonds. The highest BCUT2D eigenvalue weighted by molar-refractivity contribution is 5.86. The lowest BCUT2D eigenvalue weighted by atomic mass is 9.41. The summed E-state index contributed by atoms with van der Waals surface area (Å²) >= 11 is 0. The van der Waals surface area contributed by atoms with E-state index in [9.17, 15) is 30.3 Å². The molecular formula is C30H50O6. The molecule has 0 aliphatic heterocycles. The second kappa shape index (κ2) is 8.00. The number of hydrogen-bond donors (Lipinski definition) is 5. The predicted octanol–water partition coefficient (Wildman–Crippen LogP) is 3.46. The van der Waals surface area contributed by atoms with Crippen molar-refractivity contribution in [1.82, 2.24) is 0 Å². The highest BCUT2D eigenvalue weighted by Crippen LogP contribution is 2.88. The molecule has 6 heteroatoms. The first kappa shape index (κ1) is 27.1. The summed E-state index contributed by atoms with van der Waals surface area (Å²) in [4.78, 5) is 12.9. The Bertz CT molecular complexity index is 914. The number of carbonyl (C=O) groups is 1. The second-order valence-electron chi connectivity index (χ2n) is 15.2. The van der Waals surface area contributed by atoms with Crippen molar-refractivity contribution in [1.29, 1.82) is 0 Å². The molecule has 0 aromatic carbocycles. The zero-order valence-corrected chi connectivity index (χ0v) is 23.3. The number of carbonyl (C=O) groups excluding carboxylic acids is 1. The van der Waals surface area contributed by atoms with Crippen LogP contribution in [0, 0.1) is 50.7 Å². The molecule has 12 unspecified atom stereocenters. The van der Waals surface area contributed by atoms with E-state index in [0.717, 1.165) is 38.5 Å². The zero-order chi connectivity index (χ0) is 26.7. The molecule has 5 fully saturated rings. The van der Waals surface area contributed by atoms with Crippen LogP contribution in [0.4, 0.5) is 0 Å². The lowest BCUT2D eigenvalue weighted by Crippen LogP contribution is -2.62. The highest BCUT2D eigenvalue weighted by Gasteiger charge is 2.84. The van der Waals surface area contributed by atoms with Gasteiger partial charge in [0.2, 0.25) is 0 Å². The molecule has 0 heterocycles. The molecule has 36 heavy (non-hydrogen) atoms. The van der Waals surface area contributed by atoms with Gasteiger partial charge in [0.25, 0.3) is 0 Å². The van der Waals surface area contributed by atoms with Crippen molar-refractivity contribution < 1.29 is 30.3 Å². The molecule has 5 aliphatic carbocycles. The first-order valence-corrected chi connectivity index (χ1v) is 14.4. The first-order valence-electron chi connectivity index (χ1n) is 14.4. The van der Waals surface area contributed by atoms with Gasteiger partial charge in [0, 0.05) is 6.42 Å². The van der Waals surface area contributed by atoms with E-state index in [1.165, 1.54) is 13.8 Å². The van der Waals surface area contributed by atoms with Gasteiger partial charge in [0.1, 0.15) is 11.9 Å². The Morgan fingerprint density at radius 1 is 1.03 bits per heavy atom. The Kier molecular flexibility index (Phi) is 6.01. The molecule has 0 radical (unpaired) electrons. The summed E-state index contributed by atoms with van der Waals surface area (Å²) in [7, 11) is 0. The van der Waals surface area contributed by atoms with Crippen LogP contribution in [-0.4, -0.2) is 61.8 Å². The van der Waals surface area contributed by atoms with Crippen LogP contribution in [0.25, 0.3) is 0 Å². The number of Topliss-reactive ketones (excluding diaryl/α,β-unsaturated/α-hetero) is 1. The lowest BCUT2D eigenvalue weighted by molar-refractivity contribution is -0.194. The van der Waals surface area contributed by atoms with Crippen molar-refractivity contribution in [3.8, 4) is 0 Å². The van der Waals surface area contributed by atoms with Crippen LogP contribution >= 0.6 is 0 Å². The Balaban J connectivity index is 1.43. The van der Waals surface area contributed by atoms with Crippen LogP contribution in [0.15, 0.2) is 0 Å². The minimum absolute atomic E-state index is 0.0180. The van der Waals surface area contributed by atoms with Crippen LogP contribution in [0.5, 0.6) is 0 Å². The van der Waals surface area contributed by atoms with E-state index >= 15 is 0 Å². The maximum atomic E-state index is 12.9. The molecule has 5 saturated carbocycles. The van der Waals surface area contributed by atoms with Crippen molar-refractivity contribution in [3.63, 3.8) is 0 Å². The first-order chi connectivity index (χ1) is 16.5. The fourth-order valence-corrected chi connectivity index (χ4v) is 11.3. The number of aliphatic hydroxyl groups excluding tert-OH is 4. The third-order valence-electron chi connectivity index (χ3n) is 13.4. The van der Waals surface area contributed by atoms with Gasteiger partial charge in [-0.15, -0.1) is 0 Å². The molecule has 5 aliphatic rings. The van der Waals surface area contributed by atoms with Crippen LogP contribution < -0.4 is 0 Å². The van der Waals surface area contributed by atoms with Gasteiger partial charge in [-0.1, -0.05) is 27.7 Å². The average Bonchev–Trinajstić information content (AvgIpc) is 3.36. The van der Waals surface area contributed by atoms with Gasteiger partial charge >= 0.3 is 0 Å².